The molecule has 0 saturated carbocycles. The zero-order valence-electron chi connectivity index (χ0n) is 12.4. The molecule has 0 aliphatic carbocycles. The van der Waals surface area contributed by atoms with Gasteiger partial charge in [-0.3, -0.25) is 0 Å². The molecule has 1 aliphatic rings. The van der Waals surface area contributed by atoms with E-state index in [1.807, 2.05) is 0 Å². The maximum absolute atomic E-state index is 12.2. The van der Waals surface area contributed by atoms with Crippen LogP contribution in [-0.4, -0.2) is 27.0 Å². The van der Waals surface area contributed by atoms with E-state index in [1.165, 1.54) is 12.1 Å². The van der Waals surface area contributed by atoms with Crippen molar-refractivity contribution in [3.8, 4) is 16.9 Å². The first-order valence-electron chi connectivity index (χ1n) is 7.06. The molecule has 0 unspecified atom stereocenters. The quantitative estimate of drug-likeness (QED) is 0.856. The Kier molecular flexibility index (Phi) is 4.12. The molecule has 128 valence electrons. The van der Waals surface area contributed by atoms with Gasteiger partial charge in [0, 0.05) is 0 Å². The summed E-state index contributed by atoms with van der Waals surface area (Å²) in [6.45, 7) is -1.02. The Bertz CT molecular complexity index is 849. The Balaban J connectivity index is 1.88. The van der Waals surface area contributed by atoms with Gasteiger partial charge in [0.15, 0.2) is 6.61 Å². The minimum atomic E-state index is -4.40. The number of pyridine rings is 1. The number of ether oxygens (including phenoxy) is 1. The van der Waals surface area contributed by atoms with E-state index in [4.69, 9.17) is 0 Å². The first-order chi connectivity index (χ1) is 11.2. The molecule has 5 nitrogen and oxygen atoms in total. The summed E-state index contributed by atoms with van der Waals surface area (Å²) in [6.07, 6.45) is -2.63. The lowest BCUT2D eigenvalue weighted by atomic mass is 10.1. The minimum Gasteiger partial charge on any atom is -0.484 e. The van der Waals surface area contributed by atoms with Gasteiger partial charge in [0.2, 0.25) is 0 Å². The molecular weight excluding hydrogens is 345 g/mol. The van der Waals surface area contributed by atoms with Crippen LogP contribution in [-0.2, 0) is 16.6 Å². The van der Waals surface area contributed by atoms with Gasteiger partial charge >= 0.3 is 16.2 Å². The Morgan fingerprint density at radius 1 is 1.17 bits per heavy atom. The third-order valence-electron chi connectivity index (χ3n) is 3.49. The van der Waals surface area contributed by atoms with Crippen LogP contribution >= 0.6 is 0 Å². The molecule has 0 atom stereocenters. The largest absolute Gasteiger partial charge is 0.484 e. The van der Waals surface area contributed by atoms with Gasteiger partial charge in [-0.05, 0) is 29.8 Å². The van der Waals surface area contributed by atoms with Crippen molar-refractivity contribution < 1.29 is 30.9 Å². The molecule has 2 heterocycles. The number of alkyl halides is 3. The summed E-state index contributed by atoms with van der Waals surface area (Å²) < 4.78 is 69.0. The number of benzene rings is 1. The monoisotopic (exact) mass is 359 g/mol. The molecule has 1 aromatic carbocycles. The van der Waals surface area contributed by atoms with Crippen molar-refractivity contribution >= 4 is 15.8 Å². The minimum absolute atomic E-state index is 0.00165. The zero-order chi connectivity index (χ0) is 17.4. The molecule has 0 amide bonds. The number of halogens is 3. The summed E-state index contributed by atoms with van der Waals surface area (Å²) >= 11 is 0. The Labute approximate surface area is 136 Å². The number of hydrogen-bond donors (Lipinski definition) is 1. The van der Waals surface area contributed by atoms with Gasteiger partial charge in [0.25, 0.3) is 5.82 Å². The number of nitrogens with zero attached hydrogens (tertiary/aromatic N) is 1. The van der Waals surface area contributed by atoms with Gasteiger partial charge in [0.05, 0.1) is 11.8 Å². The second kappa shape index (κ2) is 5.97. The van der Waals surface area contributed by atoms with Crippen LogP contribution in [0.5, 0.6) is 5.75 Å². The summed E-state index contributed by atoms with van der Waals surface area (Å²) in [4.78, 5) is 0. The van der Waals surface area contributed by atoms with E-state index in [0.717, 1.165) is 0 Å². The standard InChI is InChI=1S/C15H13F3N2O3S/c16-15(17,18)10-23-12-5-3-11(4-6-12)13-2-1-7-20-8-9-24(21,22)19-14(13)20/h1-7H,8-10H2/p+1. The molecule has 1 aliphatic heterocycles. The second-order valence-electron chi connectivity index (χ2n) is 5.31. The molecule has 1 aromatic heterocycles. The van der Waals surface area contributed by atoms with E-state index < -0.39 is 22.8 Å². The number of aromatic nitrogens is 1. The fourth-order valence-electron chi connectivity index (χ4n) is 2.40. The van der Waals surface area contributed by atoms with Gasteiger partial charge in [-0.1, -0.05) is 12.1 Å². The molecule has 3 rings (SSSR count). The average Bonchev–Trinajstić information content (AvgIpc) is 2.51. The number of nitrogens with one attached hydrogen (secondary N) is 1. The van der Waals surface area contributed by atoms with Crippen molar-refractivity contribution in [1.82, 2.24) is 0 Å². The highest BCUT2D eigenvalue weighted by Crippen LogP contribution is 2.29. The van der Waals surface area contributed by atoms with Crippen molar-refractivity contribution in [3.05, 3.63) is 42.6 Å². The lowest BCUT2D eigenvalue weighted by Crippen LogP contribution is -2.47. The van der Waals surface area contributed by atoms with Crippen LogP contribution in [0.1, 0.15) is 0 Å². The Morgan fingerprint density at radius 2 is 1.88 bits per heavy atom. The second-order valence-corrected chi connectivity index (χ2v) is 7.15. The predicted molar refractivity (Wildman–Crippen MR) is 81.0 cm³/mol. The van der Waals surface area contributed by atoms with Gasteiger partial charge in [-0.2, -0.15) is 26.3 Å². The summed E-state index contributed by atoms with van der Waals surface area (Å²) in [5, 5.41) is 0. The van der Waals surface area contributed by atoms with Crippen molar-refractivity contribution in [3.63, 3.8) is 0 Å². The summed E-state index contributed by atoms with van der Waals surface area (Å²) in [5.74, 6) is 0.528. The number of fused-ring (bicyclic) bond motifs is 1. The first kappa shape index (κ1) is 16.6. The fourth-order valence-corrected chi connectivity index (χ4v) is 3.46. The molecule has 0 saturated heterocycles. The molecule has 0 radical (unpaired) electrons. The summed E-state index contributed by atoms with van der Waals surface area (Å²) in [5.41, 5.74) is 1.31. The SMILES string of the molecule is O=S1(=O)CC[n+]2cccc(-c3ccc(OCC(F)(F)F)cc3)c2N1. The maximum Gasteiger partial charge on any atom is 0.422 e. The van der Waals surface area contributed by atoms with E-state index in [2.05, 4.69) is 9.46 Å². The van der Waals surface area contributed by atoms with Crippen molar-refractivity contribution in [2.24, 2.45) is 0 Å². The first-order valence-corrected chi connectivity index (χ1v) is 8.72. The lowest BCUT2D eigenvalue weighted by molar-refractivity contribution is -0.679. The number of anilines is 1. The van der Waals surface area contributed by atoms with Gasteiger partial charge in [0.1, 0.15) is 18.0 Å². The summed E-state index contributed by atoms with van der Waals surface area (Å²) in [7, 11) is -3.38. The average molecular weight is 359 g/mol. The van der Waals surface area contributed by atoms with Gasteiger partial charge in [-0.15, -0.1) is 0 Å². The van der Waals surface area contributed by atoms with Crippen molar-refractivity contribution in [2.45, 2.75) is 12.7 Å². The van der Waals surface area contributed by atoms with E-state index in [-0.39, 0.29) is 11.5 Å². The Morgan fingerprint density at radius 3 is 2.54 bits per heavy atom. The van der Waals surface area contributed by atoms with Gasteiger partial charge in [-0.25, -0.2) is 4.57 Å². The number of rotatable bonds is 3. The molecule has 2 aromatic rings. The predicted octanol–water partition coefficient (Wildman–Crippen LogP) is 2.34. The topological polar surface area (TPSA) is 59.3 Å². The van der Waals surface area contributed by atoms with E-state index in [9.17, 15) is 21.6 Å². The van der Waals surface area contributed by atoms with Crippen LogP contribution in [0.2, 0.25) is 0 Å². The van der Waals surface area contributed by atoms with Crippen molar-refractivity contribution in [1.29, 1.82) is 0 Å². The molecule has 9 heteroatoms. The zero-order valence-corrected chi connectivity index (χ0v) is 13.2. The Hall–Kier alpha value is -2.29. The number of aryl methyl sites for hydroxylation is 1. The fraction of sp³-hybridized carbons (Fsp3) is 0.267. The molecular formula is C15H14F3N2O3S+. The van der Waals surface area contributed by atoms with Crippen molar-refractivity contribution in [2.75, 3.05) is 17.1 Å². The molecule has 0 fully saturated rings. The molecule has 1 N–H and O–H groups in total. The summed E-state index contributed by atoms with van der Waals surface area (Å²) in [6, 6.07) is 9.54. The van der Waals surface area contributed by atoms with Crippen LogP contribution in [0.25, 0.3) is 11.1 Å². The maximum atomic E-state index is 12.2. The van der Waals surface area contributed by atoms with Crippen LogP contribution in [0, 0.1) is 0 Å². The van der Waals surface area contributed by atoms with Crippen LogP contribution < -0.4 is 14.0 Å². The molecule has 0 bridgehead atoms. The lowest BCUT2D eigenvalue weighted by Gasteiger charge is -2.16. The normalized spacial score (nSPS) is 16.1. The molecule has 0 spiro atoms. The third-order valence-corrected chi connectivity index (χ3v) is 4.72. The van der Waals surface area contributed by atoms with Crippen LogP contribution in [0.3, 0.4) is 0 Å². The van der Waals surface area contributed by atoms with Crippen LogP contribution in [0.15, 0.2) is 42.6 Å². The number of hydrogen-bond acceptors (Lipinski definition) is 3. The third kappa shape index (κ3) is 3.78. The van der Waals surface area contributed by atoms with E-state index >= 15 is 0 Å². The smallest absolute Gasteiger partial charge is 0.422 e. The molecule has 24 heavy (non-hydrogen) atoms. The van der Waals surface area contributed by atoms with E-state index in [0.29, 0.717) is 23.5 Å². The highest BCUT2D eigenvalue weighted by molar-refractivity contribution is 7.92. The van der Waals surface area contributed by atoms with E-state index in [1.54, 1.807) is 35.0 Å². The highest BCUT2D eigenvalue weighted by Gasteiger charge is 2.30. The van der Waals surface area contributed by atoms with Crippen LogP contribution in [0.4, 0.5) is 19.0 Å². The highest BCUT2D eigenvalue weighted by atomic mass is 32.2. The number of sulfonamides is 1. The van der Waals surface area contributed by atoms with Gasteiger partial charge < -0.3 is 4.74 Å².